The molecule has 0 amide bonds. The average molecular weight is 451 g/mol. The fraction of sp³-hybridized carbons (Fsp3) is 0.389. The Morgan fingerprint density at radius 3 is 2.77 bits per heavy atom. The van der Waals surface area contributed by atoms with E-state index in [1.165, 1.54) is 23.0 Å². The van der Waals surface area contributed by atoms with E-state index >= 15 is 0 Å². The molecule has 1 N–H and O–H groups in total. The first-order valence-corrected chi connectivity index (χ1v) is 11.4. The van der Waals surface area contributed by atoms with Gasteiger partial charge in [-0.3, -0.25) is 14.3 Å². The van der Waals surface area contributed by atoms with Crippen LogP contribution in [0.15, 0.2) is 34.2 Å². The minimum absolute atomic E-state index is 0.00377. The lowest BCUT2D eigenvalue weighted by atomic mass is 10.2. The Morgan fingerprint density at radius 2 is 2.10 bits per heavy atom. The third-order valence-corrected chi connectivity index (χ3v) is 6.75. The van der Waals surface area contributed by atoms with Gasteiger partial charge in [-0.05, 0) is 30.2 Å². The van der Waals surface area contributed by atoms with Crippen LogP contribution in [0.4, 0.5) is 5.82 Å². The Hall–Kier alpha value is -2.63. The van der Waals surface area contributed by atoms with E-state index in [1.807, 2.05) is 0 Å². The van der Waals surface area contributed by atoms with Crippen LogP contribution in [0.1, 0.15) is 25.1 Å². The molecule has 0 aliphatic carbocycles. The Kier molecular flexibility index (Phi) is 5.67. The van der Waals surface area contributed by atoms with Crippen molar-refractivity contribution in [2.45, 2.75) is 30.8 Å². The molecular formula is C18H19ClN6O4S. The molecule has 0 radical (unpaired) electrons. The van der Waals surface area contributed by atoms with Crippen LogP contribution >= 0.6 is 11.6 Å². The second kappa shape index (κ2) is 8.25. The number of ether oxygens (including phenoxy) is 1. The van der Waals surface area contributed by atoms with Gasteiger partial charge in [0.25, 0.3) is 5.56 Å². The highest BCUT2D eigenvalue weighted by molar-refractivity contribution is 7.91. The summed E-state index contributed by atoms with van der Waals surface area (Å²) < 4.78 is 30.8. The summed E-state index contributed by atoms with van der Waals surface area (Å²) in [5, 5.41) is 3.02. The first-order chi connectivity index (χ1) is 14.4. The third kappa shape index (κ3) is 4.00. The number of nitrogens with zero attached hydrogens (tertiary/aromatic N) is 5. The highest BCUT2D eigenvalue weighted by Crippen LogP contribution is 2.22. The van der Waals surface area contributed by atoms with Gasteiger partial charge in [0.1, 0.15) is 5.52 Å². The highest BCUT2D eigenvalue weighted by Gasteiger charge is 2.24. The number of halogens is 1. The monoisotopic (exact) mass is 450 g/mol. The van der Waals surface area contributed by atoms with Crippen LogP contribution in [0, 0.1) is 0 Å². The van der Waals surface area contributed by atoms with E-state index in [0.29, 0.717) is 36.5 Å². The molecule has 158 valence electrons. The maximum absolute atomic E-state index is 13.1. The zero-order valence-corrected chi connectivity index (χ0v) is 17.6. The van der Waals surface area contributed by atoms with Crippen LogP contribution in [0.3, 0.4) is 0 Å². The molecule has 10 nitrogen and oxygen atoms in total. The summed E-state index contributed by atoms with van der Waals surface area (Å²) in [5.41, 5.74) is 0.992. The lowest BCUT2D eigenvalue weighted by Gasteiger charge is -2.16. The van der Waals surface area contributed by atoms with Crippen LogP contribution in [0.2, 0.25) is 5.28 Å². The van der Waals surface area contributed by atoms with Gasteiger partial charge in [-0.2, -0.15) is 4.98 Å². The zero-order chi connectivity index (χ0) is 21.3. The Labute approximate surface area is 177 Å². The molecule has 30 heavy (non-hydrogen) atoms. The van der Waals surface area contributed by atoms with Gasteiger partial charge >= 0.3 is 0 Å². The number of fused-ring (bicyclic) bond motifs is 1. The first kappa shape index (κ1) is 20.6. The summed E-state index contributed by atoms with van der Waals surface area (Å²) in [6.45, 7) is 2.72. The predicted molar refractivity (Wildman–Crippen MR) is 110 cm³/mol. The maximum Gasteiger partial charge on any atom is 0.295 e. The molecule has 1 saturated heterocycles. The number of aromatic nitrogens is 5. The van der Waals surface area contributed by atoms with Crippen LogP contribution in [-0.4, -0.2) is 51.9 Å². The van der Waals surface area contributed by atoms with E-state index in [2.05, 4.69) is 25.3 Å². The van der Waals surface area contributed by atoms with Gasteiger partial charge in [-0.1, -0.05) is 6.92 Å². The quantitative estimate of drug-likeness (QED) is 0.556. The maximum atomic E-state index is 13.1. The minimum atomic E-state index is -3.32. The minimum Gasteiger partial charge on any atom is -0.379 e. The summed E-state index contributed by atoms with van der Waals surface area (Å²) in [7, 11) is -3.32. The number of sulfone groups is 1. The molecular weight excluding hydrogens is 432 g/mol. The molecule has 0 aromatic carbocycles. The van der Waals surface area contributed by atoms with E-state index < -0.39 is 9.84 Å². The van der Waals surface area contributed by atoms with Crippen molar-refractivity contribution < 1.29 is 13.2 Å². The fourth-order valence-corrected chi connectivity index (χ4v) is 4.15. The van der Waals surface area contributed by atoms with Crippen LogP contribution in [0.25, 0.3) is 11.2 Å². The largest absolute Gasteiger partial charge is 0.379 e. The van der Waals surface area contributed by atoms with Crippen molar-refractivity contribution in [3.05, 3.63) is 45.9 Å². The van der Waals surface area contributed by atoms with E-state index in [9.17, 15) is 13.2 Å². The van der Waals surface area contributed by atoms with E-state index in [-0.39, 0.29) is 39.9 Å². The van der Waals surface area contributed by atoms with Gasteiger partial charge < -0.3 is 10.1 Å². The SMILES string of the molecule is CCS(=O)(=O)c1ccc(CNc2nc3cnc(Cl)nc3n([C@H]3CCOC3)c2=O)nc1. The molecule has 1 atom stereocenters. The van der Waals surface area contributed by atoms with E-state index in [4.69, 9.17) is 16.3 Å². The van der Waals surface area contributed by atoms with E-state index in [1.54, 1.807) is 13.0 Å². The van der Waals surface area contributed by atoms with Gasteiger partial charge in [-0.15, -0.1) is 0 Å². The Balaban J connectivity index is 1.65. The van der Waals surface area contributed by atoms with Gasteiger partial charge in [0.15, 0.2) is 21.3 Å². The molecule has 1 fully saturated rings. The average Bonchev–Trinajstić information content (AvgIpc) is 3.27. The second-order valence-corrected chi connectivity index (χ2v) is 9.36. The summed E-state index contributed by atoms with van der Waals surface area (Å²) in [4.78, 5) is 29.9. The fourth-order valence-electron chi connectivity index (χ4n) is 3.20. The molecule has 4 rings (SSSR count). The molecule has 0 unspecified atom stereocenters. The van der Waals surface area contributed by atoms with Crippen LogP contribution in [0.5, 0.6) is 0 Å². The zero-order valence-electron chi connectivity index (χ0n) is 16.1. The lowest BCUT2D eigenvalue weighted by molar-refractivity contribution is 0.186. The molecule has 12 heteroatoms. The number of hydrogen-bond acceptors (Lipinski definition) is 9. The number of pyridine rings is 1. The molecule has 1 aliphatic rings. The van der Waals surface area contributed by atoms with Crippen molar-refractivity contribution in [1.29, 1.82) is 0 Å². The molecule has 0 saturated carbocycles. The lowest BCUT2D eigenvalue weighted by Crippen LogP contribution is -2.30. The Bertz CT molecular complexity index is 1240. The number of hydrogen-bond donors (Lipinski definition) is 1. The van der Waals surface area contributed by atoms with Gasteiger partial charge in [0.2, 0.25) is 5.28 Å². The molecule has 0 spiro atoms. The van der Waals surface area contributed by atoms with Crippen molar-refractivity contribution in [3.63, 3.8) is 0 Å². The molecule has 3 aromatic rings. The van der Waals surface area contributed by atoms with Crippen LogP contribution < -0.4 is 10.9 Å². The van der Waals surface area contributed by atoms with Crippen molar-refractivity contribution >= 4 is 38.4 Å². The predicted octanol–water partition coefficient (Wildman–Crippen LogP) is 1.60. The molecule has 3 aromatic heterocycles. The van der Waals surface area contributed by atoms with Crippen molar-refractivity contribution in [2.24, 2.45) is 0 Å². The third-order valence-electron chi connectivity index (χ3n) is 4.85. The molecule has 4 heterocycles. The summed E-state index contributed by atoms with van der Waals surface area (Å²) in [5.74, 6) is 0.122. The summed E-state index contributed by atoms with van der Waals surface area (Å²) in [6.07, 6.45) is 3.45. The molecule has 0 bridgehead atoms. The number of rotatable bonds is 6. The summed E-state index contributed by atoms with van der Waals surface area (Å²) >= 11 is 5.92. The van der Waals surface area contributed by atoms with E-state index in [0.717, 1.165) is 0 Å². The Morgan fingerprint density at radius 1 is 1.27 bits per heavy atom. The normalized spacial score (nSPS) is 16.8. The summed E-state index contributed by atoms with van der Waals surface area (Å²) in [6, 6.07) is 2.93. The topological polar surface area (TPSA) is 129 Å². The van der Waals surface area contributed by atoms with Crippen LogP contribution in [-0.2, 0) is 21.1 Å². The van der Waals surface area contributed by atoms with Crippen molar-refractivity contribution in [1.82, 2.24) is 24.5 Å². The van der Waals surface area contributed by atoms with Crippen molar-refractivity contribution in [3.8, 4) is 0 Å². The van der Waals surface area contributed by atoms with Crippen molar-refractivity contribution in [2.75, 3.05) is 24.3 Å². The number of anilines is 1. The molecule has 1 aliphatic heterocycles. The van der Waals surface area contributed by atoms with Gasteiger partial charge in [0.05, 0.1) is 41.7 Å². The van der Waals surface area contributed by atoms with Gasteiger partial charge in [0, 0.05) is 12.8 Å². The highest BCUT2D eigenvalue weighted by atomic mass is 35.5. The number of nitrogens with one attached hydrogen (secondary N) is 1. The smallest absolute Gasteiger partial charge is 0.295 e. The first-order valence-electron chi connectivity index (χ1n) is 9.33. The standard InChI is InChI=1S/C18H19ClN6O4S/c1-2-30(27,28)13-4-3-11(20-8-13)7-21-15-17(26)25(12-5-6-29-10-12)16-14(23-15)9-22-18(19)24-16/h3-4,8-9,12H,2,5-7,10H2,1H3,(H,21,23)/t12-/m0/s1. The van der Waals surface area contributed by atoms with Gasteiger partial charge in [-0.25, -0.2) is 18.4 Å². The second-order valence-electron chi connectivity index (χ2n) is 6.74.